The quantitative estimate of drug-likeness (QED) is 0.610. The van der Waals surface area contributed by atoms with Crippen molar-refractivity contribution >= 4 is 30.7 Å². The van der Waals surface area contributed by atoms with Gasteiger partial charge in [-0.3, -0.25) is 4.79 Å². The van der Waals surface area contributed by atoms with Gasteiger partial charge in [0.05, 0.1) is 12.6 Å². The van der Waals surface area contributed by atoms with E-state index in [-0.39, 0.29) is 35.9 Å². The van der Waals surface area contributed by atoms with Crippen LogP contribution in [0.5, 0.6) is 0 Å². The van der Waals surface area contributed by atoms with E-state index >= 15 is 0 Å². The average molecular weight is 468 g/mol. The number of likely N-dealkylation sites (tertiary alicyclic amines) is 1. The van der Waals surface area contributed by atoms with Crippen molar-refractivity contribution < 1.29 is 18.8 Å². The largest absolute Gasteiger partial charge is 0.443 e. The minimum Gasteiger partial charge on any atom is -0.443 e. The summed E-state index contributed by atoms with van der Waals surface area (Å²) in [7, 11) is -2.80. The van der Waals surface area contributed by atoms with Crippen LogP contribution in [-0.2, 0) is 14.0 Å². The lowest BCUT2D eigenvalue weighted by atomic mass is 9.96. The molecule has 2 aromatic carbocycles. The minimum absolute atomic E-state index is 0.0159. The molecule has 0 aliphatic carbocycles. The zero-order chi connectivity index (χ0) is 24.4. The lowest BCUT2D eigenvalue weighted by molar-refractivity contribution is -0.137. The first kappa shape index (κ1) is 25.2. The minimum atomic E-state index is -2.80. The van der Waals surface area contributed by atoms with E-state index in [1.54, 1.807) is 20.8 Å². The van der Waals surface area contributed by atoms with Crippen molar-refractivity contribution in [3.8, 4) is 0 Å². The highest BCUT2D eigenvalue weighted by atomic mass is 28.4. The number of hydrogen-bond donors (Lipinski definition) is 0. The molecule has 2 aromatic rings. The van der Waals surface area contributed by atoms with Gasteiger partial charge in [0.2, 0.25) is 5.91 Å². The highest BCUT2D eigenvalue weighted by Crippen LogP contribution is 2.39. The van der Waals surface area contributed by atoms with Gasteiger partial charge in [-0.15, -0.1) is 0 Å². The molecule has 1 aliphatic rings. The predicted octanol–water partition coefficient (Wildman–Crippen LogP) is 4.74. The van der Waals surface area contributed by atoms with Crippen LogP contribution in [0.4, 0.5) is 4.79 Å². The standard InChI is InChI=1S/C27H37NO4Si/c1-20-18-24(29)28(25(30)31-26(2,3)4)19-23(20)32-33(27(5,6)7,21-14-10-8-11-15-21)22-16-12-9-13-17-22/h8-17,20,23H,18-19H2,1-7H3/t20-,23-/m1/s1. The first-order valence-corrected chi connectivity index (χ1v) is 13.6. The van der Waals surface area contributed by atoms with Crippen LogP contribution < -0.4 is 10.4 Å². The Bertz CT molecular complexity index is 924. The van der Waals surface area contributed by atoms with Crippen molar-refractivity contribution in [1.29, 1.82) is 0 Å². The van der Waals surface area contributed by atoms with E-state index in [2.05, 4.69) is 69.3 Å². The molecule has 6 heteroatoms. The van der Waals surface area contributed by atoms with E-state index in [1.807, 2.05) is 19.1 Å². The van der Waals surface area contributed by atoms with Gasteiger partial charge >= 0.3 is 6.09 Å². The second-order valence-corrected chi connectivity index (χ2v) is 15.2. The third-order valence-corrected chi connectivity index (χ3v) is 11.2. The summed E-state index contributed by atoms with van der Waals surface area (Å²) in [5.41, 5.74) is -0.672. The van der Waals surface area contributed by atoms with Crippen molar-refractivity contribution in [2.45, 2.75) is 71.6 Å². The van der Waals surface area contributed by atoms with Gasteiger partial charge in [0.25, 0.3) is 8.32 Å². The molecule has 0 saturated carbocycles. The van der Waals surface area contributed by atoms with Gasteiger partial charge in [-0.1, -0.05) is 88.4 Å². The Labute approximate surface area is 199 Å². The van der Waals surface area contributed by atoms with Crippen LogP contribution in [0.1, 0.15) is 54.9 Å². The molecule has 178 valence electrons. The molecule has 5 nitrogen and oxygen atoms in total. The van der Waals surface area contributed by atoms with Crippen molar-refractivity contribution in [3.05, 3.63) is 60.7 Å². The molecule has 0 N–H and O–H groups in total. The summed E-state index contributed by atoms with van der Waals surface area (Å²) in [5, 5.41) is 2.17. The summed E-state index contributed by atoms with van der Waals surface area (Å²) >= 11 is 0. The Hall–Kier alpha value is -2.44. The van der Waals surface area contributed by atoms with Gasteiger partial charge in [0, 0.05) is 6.42 Å². The van der Waals surface area contributed by atoms with E-state index in [0.29, 0.717) is 0 Å². The summed E-state index contributed by atoms with van der Waals surface area (Å²) in [4.78, 5) is 26.8. The van der Waals surface area contributed by atoms with E-state index in [1.165, 1.54) is 15.3 Å². The number of carbonyl (C=O) groups is 2. The normalized spacial score (nSPS) is 20.0. The molecule has 0 unspecified atom stereocenters. The summed E-state index contributed by atoms with van der Waals surface area (Å²) in [6.45, 7) is 14.3. The number of rotatable bonds is 4. The van der Waals surface area contributed by atoms with Crippen LogP contribution in [-0.4, -0.2) is 43.5 Å². The Morgan fingerprint density at radius 1 is 0.909 bits per heavy atom. The maximum atomic E-state index is 12.8. The fourth-order valence-corrected chi connectivity index (χ4v) is 9.32. The van der Waals surface area contributed by atoms with E-state index in [9.17, 15) is 9.59 Å². The van der Waals surface area contributed by atoms with Crippen molar-refractivity contribution in [3.63, 3.8) is 0 Å². The van der Waals surface area contributed by atoms with Crippen LogP contribution in [0.25, 0.3) is 0 Å². The Balaban J connectivity index is 2.05. The Kier molecular flexibility index (Phi) is 7.20. The molecule has 0 aromatic heterocycles. The third-order valence-electron chi connectivity index (χ3n) is 6.15. The van der Waals surface area contributed by atoms with Crippen LogP contribution in [0, 0.1) is 5.92 Å². The molecule has 1 saturated heterocycles. The van der Waals surface area contributed by atoms with Crippen LogP contribution in [0.2, 0.25) is 5.04 Å². The summed E-state index contributed by atoms with van der Waals surface area (Å²) in [6.07, 6.45) is -0.640. The molecule has 2 atom stereocenters. The van der Waals surface area contributed by atoms with Crippen LogP contribution in [0.15, 0.2) is 60.7 Å². The van der Waals surface area contributed by atoms with E-state index < -0.39 is 20.0 Å². The molecule has 33 heavy (non-hydrogen) atoms. The molecular formula is C27H37NO4Si. The fraction of sp³-hybridized carbons (Fsp3) is 0.481. The van der Waals surface area contributed by atoms with E-state index in [4.69, 9.17) is 9.16 Å². The number of benzene rings is 2. The SMILES string of the molecule is C[C@@H]1CC(=O)N(C(=O)OC(C)(C)C)C[C@H]1O[Si](c1ccccc1)(c1ccccc1)C(C)(C)C. The lowest BCUT2D eigenvalue weighted by Crippen LogP contribution is -2.69. The molecule has 1 heterocycles. The predicted molar refractivity (Wildman–Crippen MR) is 134 cm³/mol. The number of carbonyl (C=O) groups excluding carboxylic acids is 2. The highest BCUT2D eigenvalue weighted by Gasteiger charge is 2.53. The van der Waals surface area contributed by atoms with Gasteiger partial charge in [-0.25, -0.2) is 9.69 Å². The van der Waals surface area contributed by atoms with Gasteiger partial charge in [0.15, 0.2) is 0 Å². The second kappa shape index (κ2) is 9.43. The topological polar surface area (TPSA) is 55.8 Å². The van der Waals surface area contributed by atoms with Crippen molar-refractivity contribution in [2.24, 2.45) is 5.92 Å². The smallest absolute Gasteiger partial charge is 0.417 e. The number of piperidine rings is 1. The van der Waals surface area contributed by atoms with Crippen molar-refractivity contribution in [1.82, 2.24) is 4.90 Å². The van der Waals surface area contributed by atoms with Gasteiger partial charge in [-0.05, 0) is 42.1 Å². The van der Waals surface area contributed by atoms with Gasteiger partial charge in [0.1, 0.15) is 5.60 Å². The van der Waals surface area contributed by atoms with Crippen LogP contribution in [0.3, 0.4) is 0 Å². The number of amides is 2. The molecule has 1 fully saturated rings. The number of ether oxygens (including phenoxy) is 1. The molecule has 1 aliphatic heterocycles. The molecule has 2 amide bonds. The zero-order valence-electron chi connectivity index (χ0n) is 20.9. The maximum Gasteiger partial charge on any atom is 0.417 e. The number of hydrogen-bond acceptors (Lipinski definition) is 4. The first-order chi connectivity index (χ1) is 15.3. The molecule has 0 radical (unpaired) electrons. The maximum absolute atomic E-state index is 12.8. The molecule has 0 bridgehead atoms. The molecule has 0 spiro atoms. The summed E-state index contributed by atoms with van der Waals surface area (Å²) < 4.78 is 12.7. The van der Waals surface area contributed by atoms with Crippen LogP contribution >= 0.6 is 0 Å². The zero-order valence-corrected chi connectivity index (χ0v) is 21.9. The average Bonchev–Trinajstić information content (AvgIpc) is 2.72. The fourth-order valence-electron chi connectivity index (χ4n) is 4.54. The first-order valence-electron chi connectivity index (χ1n) is 11.7. The Morgan fingerprint density at radius 2 is 1.39 bits per heavy atom. The second-order valence-electron chi connectivity index (χ2n) is 11.0. The van der Waals surface area contributed by atoms with Gasteiger partial charge in [-0.2, -0.15) is 0 Å². The monoisotopic (exact) mass is 467 g/mol. The number of nitrogens with zero attached hydrogens (tertiary/aromatic N) is 1. The highest BCUT2D eigenvalue weighted by molar-refractivity contribution is 6.99. The molecule has 3 rings (SSSR count). The van der Waals surface area contributed by atoms with E-state index in [0.717, 1.165) is 0 Å². The van der Waals surface area contributed by atoms with Gasteiger partial charge < -0.3 is 9.16 Å². The summed E-state index contributed by atoms with van der Waals surface area (Å²) in [5.74, 6) is -0.225. The summed E-state index contributed by atoms with van der Waals surface area (Å²) in [6, 6.07) is 20.8. The van der Waals surface area contributed by atoms with Crippen molar-refractivity contribution in [2.75, 3.05) is 6.54 Å². The Morgan fingerprint density at radius 3 is 1.82 bits per heavy atom. The third kappa shape index (κ3) is 5.39. The molecular weight excluding hydrogens is 430 g/mol. The lowest BCUT2D eigenvalue weighted by Gasteiger charge is -2.48. The number of imide groups is 1.